The molecule has 80 valence electrons. The molecule has 13 heavy (non-hydrogen) atoms. The van der Waals surface area contributed by atoms with Gasteiger partial charge >= 0.3 is 18.3 Å². The molecule has 0 bridgehead atoms. The van der Waals surface area contributed by atoms with E-state index in [2.05, 4.69) is 0 Å². The van der Waals surface area contributed by atoms with E-state index in [1.165, 1.54) is 6.92 Å². The van der Waals surface area contributed by atoms with Crippen LogP contribution in [0.5, 0.6) is 0 Å². The minimum absolute atomic E-state index is 0.199. The van der Waals surface area contributed by atoms with Crippen LogP contribution in [0.4, 0.5) is 26.3 Å². The van der Waals surface area contributed by atoms with Crippen LogP contribution in [0, 0.1) is 0 Å². The van der Waals surface area contributed by atoms with E-state index in [1.54, 1.807) is 0 Å². The van der Waals surface area contributed by atoms with Crippen molar-refractivity contribution in [3.05, 3.63) is 0 Å². The highest BCUT2D eigenvalue weighted by Crippen LogP contribution is 2.42. The van der Waals surface area contributed by atoms with Gasteiger partial charge in [-0.3, -0.25) is 0 Å². The first-order valence-corrected chi connectivity index (χ1v) is 3.79. The molecular formula is C7H10F6. The summed E-state index contributed by atoms with van der Waals surface area (Å²) in [5, 5.41) is 0. The van der Waals surface area contributed by atoms with Crippen LogP contribution >= 0.6 is 0 Å². The standard InChI is InChI=1S/C7H10F6/c1-2-3-4-6(10,11)7(12,13)5(8)9/h5H,2-4H2,1H3. The van der Waals surface area contributed by atoms with Crippen LogP contribution < -0.4 is 0 Å². The maximum absolute atomic E-state index is 12.4. The van der Waals surface area contributed by atoms with Crippen molar-refractivity contribution in [2.24, 2.45) is 0 Å². The Morgan fingerprint density at radius 2 is 1.54 bits per heavy atom. The zero-order chi connectivity index (χ0) is 10.7. The van der Waals surface area contributed by atoms with E-state index in [-0.39, 0.29) is 12.8 Å². The number of rotatable bonds is 5. The summed E-state index contributed by atoms with van der Waals surface area (Å²) in [4.78, 5) is 0. The number of halogens is 6. The highest BCUT2D eigenvalue weighted by Gasteiger charge is 2.61. The van der Waals surface area contributed by atoms with E-state index in [1.807, 2.05) is 0 Å². The van der Waals surface area contributed by atoms with Crippen molar-refractivity contribution in [3.63, 3.8) is 0 Å². The van der Waals surface area contributed by atoms with Crippen molar-refractivity contribution in [2.75, 3.05) is 0 Å². The van der Waals surface area contributed by atoms with Crippen molar-refractivity contribution in [2.45, 2.75) is 44.5 Å². The van der Waals surface area contributed by atoms with Gasteiger partial charge in [0.25, 0.3) is 0 Å². The molecule has 0 aliphatic rings. The summed E-state index contributed by atoms with van der Waals surface area (Å²) in [5.74, 6) is -9.83. The average molecular weight is 208 g/mol. The zero-order valence-electron chi connectivity index (χ0n) is 6.97. The highest BCUT2D eigenvalue weighted by atomic mass is 19.3. The molecule has 0 nitrogen and oxygen atoms in total. The van der Waals surface area contributed by atoms with Crippen LogP contribution in [0.25, 0.3) is 0 Å². The third-order valence-corrected chi connectivity index (χ3v) is 1.61. The molecule has 0 N–H and O–H groups in total. The quantitative estimate of drug-likeness (QED) is 0.604. The lowest BCUT2D eigenvalue weighted by Gasteiger charge is -2.25. The second-order valence-corrected chi connectivity index (χ2v) is 2.73. The van der Waals surface area contributed by atoms with Gasteiger partial charge in [-0.05, 0) is 6.42 Å². The second kappa shape index (κ2) is 4.19. The van der Waals surface area contributed by atoms with Crippen LogP contribution in [0.3, 0.4) is 0 Å². The second-order valence-electron chi connectivity index (χ2n) is 2.73. The number of unbranched alkanes of at least 4 members (excludes halogenated alkanes) is 1. The van der Waals surface area contributed by atoms with Crippen molar-refractivity contribution < 1.29 is 26.3 Å². The smallest absolute Gasteiger partial charge is 0.203 e. The first-order chi connectivity index (χ1) is 5.75. The number of hydrogen-bond acceptors (Lipinski definition) is 0. The molecule has 6 heteroatoms. The van der Waals surface area contributed by atoms with Crippen LogP contribution in [0.2, 0.25) is 0 Å². The Hall–Kier alpha value is -0.420. The summed E-state index contributed by atoms with van der Waals surface area (Å²) in [5.41, 5.74) is 0. The highest BCUT2D eigenvalue weighted by molar-refractivity contribution is 4.86. The Labute approximate surface area is 71.9 Å². The number of alkyl halides is 6. The van der Waals surface area contributed by atoms with E-state index in [9.17, 15) is 26.3 Å². The van der Waals surface area contributed by atoms with Gasteiger partial charge in [-0.15, -0.1) is 0 Å². The Bertz CT molecular complexity index is 153. The molecule has 0 aliphatic carbocycles. The minimum Gasteiger partial charge on any atom is -0.203 e. The normalized spacial score (nSPS) is 13.8. The van der Waals surface area contributed by atoms with Gasteiger partial charge < -0.3 is 0 Å². The Morgan fingerprint density at radius 3 is 1.85 bits per heavy atom. The summed E-state index contributed by atoms with van der Waals surface area (Å²) >= 11 is 0. The SMILES string of the molecule is CCCCC(F)(F)C(F)(F)C(F)F. The van der Waals surface area contributed by atoms with Crippen molar-refractivity contribution in [1.29, 1.82) is 0 Å². The average Bonchev–Trinajstić information content (AvgIpc) is 2.00. The Morgan fingerprint density at radius 1 is 1.08 bits per heavy atom. The monoisotopic (exact) mass is 208 g/mol. The van der Waals surface area contributed by atoms with Gasteiger partial charge in [0.2, 0.25) is 0 Å². The molecule has 0 aliphatic heterocycles. The molecule has 0 fully saturated rings. The van der Waals surface area contributed by atoms with Crippen LogP contribution in [-0.4, -0.2) is 18.3 Å². The Balaban J connectivity index is 4.41. The molecule has 0 spiro atoms. The van der Waals surface area contributed by atoms with Gasteiger partial charge in [-0.25, -0.2) is 8.78 Å². The minimum atomic E-state index is -5.22. The first-order valence-electron chi connectivity index (χ1n) is 3.79. The summed E-state index contributed by atoms with van der Waals surface area (Å²) in [6, 6.07) is 0. The predicted octanol–water partition coefficient (Wildman–Crippen LogP) is 3.71. The van der Waals surface area contributed by atoms with Gasteiger partial charge in [0.15, 0.2) is 0 Å². The summed E-state index contributed by atoms with van der Waals surface area (Å²) in [6.45, 7) is 1.51. The predicted molar refractivity (Wildman–Crippen MR) is 35.4 cm³/mol. The van der Waals surface area contributed by atoms with Crippen LogP contribution in [-0.2, 0) is 0 Å². The largest absolute Gasteiger partial charge is 0.369 e. The summed E-state index contributed by atoms with van der Waals surface area (Å²) in [6.07, 6.45) is -5.47. The molecule has 0 atom stereocenters. The van der Waals surface area contributed by atoms with Gasteiger partial charge in [-0.2, -0.15) is 17.6 Å². The van der Waals surface area contributed by atoms with E-state index in [0.29, 0.717) is 0 Å². The van der Waals surface area contributed by atoms with Crippen LogP contribution in [0.15, 0.2) is 0 Å². The maximum atomic E-state index is 12.4. The fourth-order valence-corrected chi connectivity index (χ4v) is 0.725. The zero-order valence-corrected chi connectivity index (χ0v) is 6.97. The lowest BCUT2D eigenvalue weighted by atomic mass is 10.1. The molecule has 0 rings (SSSR count). The van der Waals surface area contributed by atoms with Crippen molar-refractivity contribution in [1.82, 2.24) is 0 Å². The van der Waals surface area contributed by atoms with Crippen LogP contribution in [0.1, 0.15) is 26.2 Å². The molecule has 0 saturated carbocycles. The lowest BCUT2D eigenvalue weighted by Crippen LogP contribution is -2.46. The molecule has 0 heterocycles. The molecule has 0 saturated heterocycles. The molecule has 0 radical (unpaired) electrons. The molecule has 0 aromatic carbocycles. The molecule has 0 aromatic rings. The lowest BCUT2D eigenvalue weighted by molar-refractivity contribution is -0.266. The molecule has 0 unspecified atom stereocenters. The van der Waals surface area contributed by atoms with E-state index >= 15 is 0 Å². The molecular weight excluding hydrogens is 198 g/mol. The van der Waals surface area contributed by atoms with E-state index in [4.69, 9.17) is 0 Å². The maximum Gasteiger partial charge on any atom is 0.369 e. The summed E-state index contributed by atoms with van der Waals surface area (Å²) < 4.78 is 72.1. The number of hydrogen-bond donors (Lipinski definition) is 0. The fraction of sp³-hybridized carbons (Fsp3) is 1.00. The van der Waals surface area contributed by atoms with Gasteiger partial charge in [-0.1, -0.05) is 13.3 Å². The van der Waals surface area contributed by atoms with E-state index < -0.39 is 24.7 Å². The van der Waals surface area contributed by atoms with Gasteiger partial charge in [0, 0.05) is 6.42 Å². The van der Waals surface area contributed by atoms with Gasteiger partial charge in [0.1, 0.15) is 0 Å². The third-order valence-electron chi connectivity index (χ3n) is 1.61. The third kappa shape index (κ3) is 2.77. The fourth-order valence-electron chi connectivity index (χ4n) is 0.725. The van der Waals surface area contributed by atoms with Crippen molar-refractivity contribution >= 4 is 0 Å². The molecule has 0 amide bonds. The Kier molecular flexibility index (Phi) is 4.06. The van der Waals surface area contributed by atoms with E-state index in [0.717, 1.165) is 0 Å². The summed E-state index contributed by atoms with van der Waals surface area (Å²) in [7, 11) is 0. The van der Waals surface area contributed by atoms with Crippen molar-refractivity contribution in [3.8, 4) is 0 Å². The topological polar surface area (TPSA) is 0 Å². The first kappa shape index (κ1) is 12.6. The molecule has 0 aromatic heterocycles. The van der Waals surface area contributed by atoms with Gasteiger partial charge in [0.05, 0.1) is 0 Å².